The lowest BCUT2D eigenvalue weighted by Crippen LogP contribution is -2.62. The van der Waals surface area contributed by atoms with Gasteiger partial charge >= 0.3 is 0 Å². The molecular formula is C48H89F. The van der Waals surface area contributed by atoms with Crippen molar-refractivity contribution in [1.29, 1.82) is 0 Å². The average Bonchev–Trinajstić information content (AvgIpc) is 3.75. The van der Waals surface area contributed by atoms with Crippen LogP contribution >= 0.6 is 0 Å². The topological polar surface area (TPSA) is 0 Å². The van der Waals surface area contributed by atoms with Crippen LogP contribution in [0.4, 0.5) is 4.39 Å². The van der Waals surface area contributed by atoms with Gasteiger partial charge in [-0.1, -0.05) is 123 Å². The lowest BCUT2D eigenvalue weighted by Gasteiger charge is -2.72. The minimum atomic E-state index is -0.824. The van der Waals surface area contributed by atoms with Gasteiger partial charge in [0.1, 0.15) is 5.67 Å². The van der Waals surface area contributed by atoms with Gasteiger partial charge in [-0.15, -0.1) is 0 Å². The molecule has 1 unspecified atom stereocenters. The van der Waals surface area contributed by atoms with Crippen molar-refractivity contribution in [2.45, 2.75) is 219 Å². The second kappa shape index (κ2) is 15.3. The first kappa shape index (κ1) is 41.7. The third-order valence-electron chi connectivity index (χ3n) is 17.1. The highest BCUT2D eigenvalue weighted by Crippen LogP contribution is 2.76. The van der Waals surface area contributed by atoms with Gasteiger partial charge in [-0.2, -0.15) is 0 Å². The molecule has 1 heteroatoms. The van der Waals surface area contributed by atoms with Crippen LogP contribution in [-0.4, -0.2) is 5.67 Å². The van der Waals surface area contributed by atoms with Crippen molar-refractivity contribution in [2.75, 3.05) is 0 Å². The summed E-state index contributed by atoms with van der Waals surface area (Å²) < 4.78 is 12.8. The fourth-order valence-electron chi connectivity index (χ4n) is 11.2. The summed E-state index contributed by atoms with van der Waals surface area (Å²) in [5.41, 5.74) is 3.34. The predicted octanol–water partition coefficient (Wildman–Crippen LogP) is 15.8. The summed E-state index contributed by atoms with van der Waals surface area (Å²) in [5, 5.41) is 0. The van der Waals surface area contributed by atoms with E-state index in [9.17, 15) is 4.39 Å². The van der Waals surface area contributed by atoms with Crippen LogP contribution in [0.25, 0.3) is 0 Å². The molecule has 0 aliphatic heterocycles. The largest absolute Gasteiger partial charge is 0.244 e. The first-order valence-electron chi connectivity index (χ1n) is 22.2. The highest BCUT2D eigenvalue weighted by atomic mass is 19.1. The van der Waals surface area contributed by atoms with E-state index < -0.39 is 5.67 Å². The molecule has 0 aromatic heterocycles. The van der Waals surface area contributed by atoms with Crippen molar-refractivity contribution in [2.24, 2.45) is 86.3 Å². The first-order valence-corrected chi connectivity index (χ1v) is 22.2. The summed E-state index contributed by atoms with van der Waals surface area (Å²) in [6, 6.07) is 0. The Morgan fingerprint density at radius 2 is 0.959 bits per heavy atom. The third kappa shape index (κ3) is 9.93. The lowest BCUT2D eigenvalue weighted by atomic mass is 9.33. The first-order chi connectivity index (χ1) is 22.5. The van der Waals surface area contributed by atoms with Crippen LogP contribution in [0.1, 0.15) is 213 Å². The van der Waals surface area contributed by atoms with Crippen LogP contribution < -0.4 is 0 Å². The van der Waals surface area contributed by atoms with E-state index in [0.29, 0.717) is 11.8 Å². The Morgan fingerprint density at radius 3 is 1.02 bits per heavy atom. The minimum Gasteiger partial charge on any atom is -0.244 e. The van der Waals surface area contributed by atoms with Crippen LogP contribution in [0.2, 0.25) is 0 Å². The number of halogens is 1. The van der Waals surface area contributed by atoms with E-state index >= 15 is 0 Å². The quantitative estimate of drug-likeness (QED) is 0.261. The Morgan fingerprint density at radius 1 is 0.490 bits per heavy atom. The molecule has 11 aliphatic carbocycles. The van der Waals surface area contributed by atoms with E-state index in [0.717, 1.165) is 87.3 Å². The second-order valence-corrected chi connectivity index (χ2v) is 23.2. The standard InChI is InChI=1S/C9H16.C8H15F.2C8H14.C8H16.C7H14/c1-7(2)9-4-8(3,5-9)6-9;1-6(2)7-4-8(3,9)5-7;1-6(2)8-3-7(4-8)5-8;1-6(2)7-5-8(7)3-4-8;1-7(2)8(3)5-4-6-8;1-6(2)7-4-3-5-7/h7H,4-6H2,1-3H3;6-7H,4-5H2,1-3H3;2*6-7H,3-5H2,1-2H3;7H,4-6H2,1-3H3;6-7H,3-5H2,1-2H3. The number of hydrogen-bond donors (Lipinski definition) is 0. The summed E-state index contributed by atoms with van der Waals surface area (Å²) in [6.07, 6.45) is 24.4. The second-order valence-electron chi connectivity index (χ2n) is 23.2. The molecule has 0 saturated heterocycles. The summed E-state index contributed by atoms with van der Waals surface area (Å²) in [7, 11) is 0. The normalized spacial score (nSPS) is 39.9. The maximum absolute atomic E-state index is 12.8. The van der Waals surface area contributed by atoms with E-state index in [1.54, 1.807) is 45.4 Å². The van der Waals surface area contributed by atoms with Crippen LogP contribution in [0.5, 0.6) is 0 Å². The van der Waals surface area contributed by atoms with E-state index in [4.69, 9.17) is 0 Å². The zero-order valence-electron chi connectivity index (χ0n) is 36.2. The van der Waals surface area contributed by atoms with Crippen molar-refractivity contribution in [3.63, 3.8) is 0 Å². The van der Waals surface area contributed by atoms with Gasteiger partial charge in [0.25, 0.3) is 0 Å². The van der Waals surface area contributed by atoms with Gasteiger partial charge in [0.15, 0.2) is 0 Å². The molecule has 0 N–H and O–H groups in total. The minimum absolute atomic E-state index is 0.653. The Hall–Kier alpha value is -0.0700. The highest BCUT2D eigenvalue weighted by molar-refractivity contribution is 5.15. The number of hydrogen-bond acceptors (Lipinski definition) is 0. The van der Waals surface area contributed by atoms with Crippen molar-refractivity contribution < 1.29 is 4.39 Å². The molecule has 11 fully saturated rings. The third-order valence-corrected chi connectivity index (χ3v) is 17.1. The molecule has 49 heavy (non-hydrogen) atoms. The number of rotatable bonds is 6. The molecule has 0 radical (unpaired) electrons. The zero-order valence-corrected chi connectivity index (χ0v) is 36.2. The van der Waals surface area contributed by atoms with E-state index in [-0.39, 0.29) is 0 Å². The Balaban J connectivity index is 0.000000133. The zero-order chi connectivity index (χ0) is 36.8. The molecule has 1 atom stereocenters. The van der Waals surface area contributed by atoms with Gasteiger partial charge in [0, 0.05) is 0 Å². The van der Waals surface area contributed by atoms with E-state index in [1.807, 2.05) is 0 Å². The molecule has 0 aromatic rings. The Kier molecular flexibility index (Phi) is 13.1. The summed E-state index contributed by atoms with van der Waals surface area (Å²) in [5.74, 6) is 9.43. The maximum atomic E-state index is 12.8. The molecule has 288 valence electrons. The predicted molar refractivity (Wildman–Crippen MR) is 215 cm³/mol. The van der Waals surface area contributed by atoms with Gasteiger partial charge in [0.2, 0.25) is 0 Å². The van der Waals surface area contributed by atoms with Crippen molar-refractivity contribution in [1.82, 2.24) is 0 Å². The van der Waals surface area contributed by atoms with Crippen molar-refractivity contribution in [3.05, 3.63) is 0 Å². The smallest absolute Gasteiger partial charge is 0.108 e. The van der Waals surface area contributed by atoms with Crippen LogP contribution in [0.15, 0.2) is 0 Å². The van der Waals surface area contributed by atoms with Crippen molar-refractivity contribution in [3.8, 4) is 0 Å². The summed E-state index contributed by atoms with van der Waals surface area (Å²) in [6.45, 7) is 34.4. The molecule has 0 heterocycles. The Bertz CT molecular complexity index is 958. The van der Waals surface area contributed by atoms with Gasteiger partial charge < -0.3 is 0 Å². The fourth-order valence-corrected chi connectivity index (χ4v) is 11.2. The molecule has 11 aliphatic rings. The number of alkyl halides is 1. The van der Waals surface area contributed by atoms with Crippen LogP contribution in [0.3, 0.4) is 0 Å². The molecule has 0 nitrogen and oxygen atoms in total. The average molecular weight is 685 g/mol. The SMILES string of the molecule is CC(C)C1(C)CCC1.CC(C)C12CC(C)(C1)C2.CC(C)C12CC(C1)C2.CC(C)C1CC(C)(F)C1.CC(C)C1CC12CC2.CC(C)C1CCC1. The molecule has 0 amide bonds. The molecule has 11 rings (SSSR count). The lowest BCUT2D eigenvalue weighted by molar-refractivity contribution is -0.217. The van der Waals surface area contributed by atoms with Gasteiger partial charge in [-0.25, -0.2) is 4.39 Å². The molecule has 11 saturated carbocycles. The highest BCUT2D eigenvalue weighted by Gasteiger charge is 2.65. The summed E-state index contributed by atoms with van der Waals surface area (Å²) in [4.78, 5) is 0. The molecule has 1 spiro atoms. The summed E-state index contributed by atoms with van der Waals surface area (Å²) >= 11 is 0. The molecule has 0 aromatic carbocycles. The van der Waals surface area contributed by atoms with Crippen molar-refractivity contribution >= 4 is 0 Å². The van der Waals surface area contributed by atoms with Gasteiger partial charge in [0.05, 0.1) is 0 Å². The fraction of sp³-hybridized carbons (Fsp3) is 1.00. The van der Waals surface area contributed by atoms with Gasteiger partial charge in [-0.05, 0) is 177 Å². The monoisotopic (exact) mass is 685 g/mol. The maximum Gasteiger partial charge on any atom is 0.108 e. The van der Waals surface area contributed by atoms with Gasteiger partial charge in [-0.3, -0.25) is 0 Å². The van der Waals surface area contributed by atoms with E-state index in [1.165, 1.54) is 57.8 Å². The Labute approximate surface area is 308 Å². The molecular weight excluding hydrogens is 596 g/mol. The van der Waals surface area contributed by atoms with E-state index in [2.05, 4.69) is 96.9 Å². The van der Waals surface area contributed by atoms with Crippen LogP contribution in [0, 0.1) is 86.3 Å². The van der Waals surface area contributed by atoms with Crippen LogP contribution in [-0.2, 0) is 0 Å². The molecule has 4 bridgehead atoms.